The van der Waals surface area contributed by atoms with E-state index in [0.29, 0.717) is 18.9 Å². The monoisotopic (exact) mass is 280 g/mol. The highest BCUT2D eigenvalue weighted by Crippen LogP contribution is 2.23. The van der Waals surface area contributed by atoms with Gasteiger partial charge in [0, 0.05) is 20.1 Å². The van der Waals surface area contributed by atoms with Crippen LogP contribution in [-0.2, 0) is 4.79 Å². The van der Waals surface area contributed by atoms with Crippen LogP contribution in [0.2, 0.25) is 0 Å². The minimum absolute atomic E-state index is 0.0435. The SMILES string of the molecule is CN1CCCN(c2cc([N+](=O)[O-])cc(NN)n2)CC1=O. The van der Waals surface area contributed by atoms with Crippen LogP contribution in [0, 0.1) is 10.1 Å². The molecule has 108 valence electrons. The lowest BCUT2D eigenvalue weighted by Crippen LogP contribution is -2.34. The Balaban J connectivity index is 2.33. The van der Waals surface area contributed by atoms with Gasteiger partial charge in [0.2, 0.25) is 5.91 Å². The number of likely N-dealkylation sites (N-methyl/N-ethyl adjacent to an activating group) is 1. The van der Waals surface area contributed by atoms with Crippen LogP contribution in [0.5, 0.6) is 0 Å². The number of nitrogens with one attached hydrogen (secondary N) is 1. The van der Waals surface area contributed by atoms with E-state index >= 15 is 0 Å². The molecule has 0 bridgehead atoms. The number of nitro groups is 1. The number of aromatic nitrogens is 1. The van der Waals surface area contributed by atoms with Gasteiger partial charge in [-0.15, -0.1) is 0 Å². The Hall–Kier alpha value is -2.42. The second-order valence-electron chi connectivity index (χ2n) is 4.56. The van der Waals surface area contributed by atoms with Crippen LogP contribution < -0.4 is 16.2 Å². The van der Waals surface area contributed by atoms with Crippen LogP contribution >= 0.6 is 0 Å². The molecule has 1 fully saturated rings. The third-order valence-electron chi connectivity index (χ3n) is 3.15. The quantitative estimate of drug-likeness (QED) is 0.452. The number of anilines is 2. The Labute approximate surface area is 115 Å². The highest BCUT2D eigenvalue weighted by atomic mass is 16.6. The first kappa shape index (κ1) is 14.0. The molecule has 1 aliphatic heterocycles. The van der Waals surface area contributed by atoms with Crippen molar-refractivity contribution in [2.45, 2.75) is 6.42 Å². The number of hydrazine groups is 1. The number of nitrogens with two attached hydrogens (primary N) is 1. The van der Waals surface area contributed by atoms with E-state index in [1.54, 1.807) is 16.8 Å². The van der Waals surface area contributed by atoms with Crippen molar-refractivity contribution < 1.29 is 9.72 Å². The number of rotatable bonds is 3. The molecule has 2 heterocycles. The molecule has 0 aliphatic carbocycles. The predicted octanol–water partition coefficient (Wildman–Crippen LogP) is -0.0561. The van der Waals surface area contributed by atoms with Crippen molar-refractivity contribution in [3.63, 3.8) is 0 Å². The van der Waals surface area contributed by atoms with E-state index in [2.05, 4.69) is 10.4 Å². The fourth-order valence-electron chi connectivity index (χ4n) is 2.03. The summed E-state index contributed by atoms with van der Waals surface area (Å²) >= 11 is 0. The predicted molar refractivity (Wildman–Crippen MR) is 73.2 cm³/mol. The largest absolute Gasteiger partial charge is 0.347 e. The second-order valence-corrected chi connectivity index (χ2v) is 4.56. The van der Waals surface area contributed by atoms with Gasteiger partial charge >= 0.3 is 0 Å². The Bertz CT molecular complexity index is 535. The standard InChI is InChI=1S/C11H16N6O3/c1-15-3-2-4-16(7-11(15)18)10-6-8(17(19)20)5-9(13-10)14-12/h5-6H,2-4,7,12H2,1H3,(H,13,14). The summed E-state index contributed by atoms with van der Waals surface area (Å²) in [5.74, 6) is 5.79. The Morgan fingerprint density at radius 3 is 2.85 bits per heavy atom. The molecule has 9 nitrogen and oxygen atoms in total. The van der Waals surface area contributed by atoms with E-state index in [1.807, 2.05) is 0 Å². The van der Waals surface area contributed by atoms with E-state index in [9.17, 15) is 14.9 Å². The first-order valence-electron chi connectivity index (χ1n) is 6.13. The molecule has 9 heteroatoms. The minimum Gasteiger partial charge on any atom is -0.347 e. The zero-order valence-electron chi connectivity index (χ0n) is 11.1. The van der Waals surface area contributed by atoms with Crippen molar-refractivity contribution in [3.05, 3.63) is 22.2 Å². The molecule has 20 heavy (non-hydrogen) atoms. The maximum atomic E-state index is 11.9. The van der Waals surface area contributed by atoms with Gasteiger partial charge in [0.05, 0.1) is 23.6 Å². The van der Waals surface area contributed by atoms with Crippen LogP contribution in [0.25, 0.3) is 0 Å². The highest BCUT2D eigenvalue weighted by molar-refractivity contribution is 5.81. The van der Waals surface area contributed by atoms with Crippen molar-refractivity contribution in [1.82, 2.24) is 9.88 Å². The fraction of sp³-hybridized carbons (Fsp3) is 0.455. The molecule has 1 aromatic heterocycles. The summed E-state index contributed by atoms with van der Waals surface area (Å²) in [5, 5.41) is 10.9. The summed E-state index contributed by atoms with van der Waals surface area (Å²) < 4.78 is 0. The number of hydrogen-bond acceptors (Lipinski definition) is 7. The molecular formula is C11H16N6O3. The number of carbonyl (C=O) groups excluding carboxylic acids is 1. The zero-order valence-corrected chi connectivity index (χ0v) is 11.1. The molecule has 0 spiro atoms. The van der Waals surface area contributed by atoms with Crippen LogP contribution in [-0.4, -0.2) is 47.4 Å². The second kappa shape index (κ2) is 5.70. The first-order chi connectivity index (χ1) is 9.51. The lowest BCUT2D eigenvalue weighted by atomic mass is 10.3. The maximum absolute atomic E-state index is 11.9. The average Bonchev–Trinajstić information content (AvgIpc) is 2.60. The summed E-state index contributed by atoms with van der Waals surface area (Å²) in [6, 6.07) is 2.59. The van der Waals surface area contributed by atoms with E-state index in [0.717, 1.165) is 6.42 Å². The number of hydrogen-bond donors (Lipinski definition) is 2. The van der Waals surface area contributed by atoms with E-state index in [-0.39, 0.29) is 24.0 Å². The molecule has 0 unspecified atom stereocenters. The molecule has 0 saturated carbocycles. The van der Waals surface area contributed by atoms with Gasteiger partial charge in [-0.1, -0.05) is 0 Å². The highest BCUT2D eigenvalue weighted by Gasteiger charge is 2.22. The van der Waals surface area contributed by atoms with E-state index in [1.165, 1.54) is 12.1 Å². The third-order valence-corrected chi connectivity index (χ3v) is 3.15. The van der Waals surface area contributed by atoms with Gasteiger partial charge in [-0.05, 0) is 6.42 Å². The number of nitrogen functional groups attached to an aromatic ring is 1. The topological polar surface area (TPSA) is 118 Å². The molecule has 2 rings (SSSR count). The molecule has 0 atom stereocenters. The van der Waals surface area contributed by atoms with Gasteiger partial charge < -0.3 is 15.2 Å². The zero-order chi connectivity index (χ0) is 14.7. The number of amides is 1. The van der Waals surface area contributed by atoms with Crippen LogP contribution in [0.4, 0.5) is 17.3 Å². The summed E-state index contributed by atoms with van der Waals surface area (Å²) in [6.45, 7) is 1.41. The van der Waals surface area contributed by atoms with Gasteiger partial charge in [0.1, 0.15) is 11.6 Å². The molecular weight excluding hydrogens is 264 g/mol. The number of pyridine rings is 1. The summed E-state index contributed by atoms with van der Waals surface area (Å²) in [7, 11) is 1.74. The van der Waals surface area contributed by atoms with Gasteiger partial charge in [-0.25, -0.2) is 10.8 Å². The normalized spacial score (nSPS) is 16.0. The summed E-state index contributed by atoms with van der Waals surface area (Å²) in [6.07, 6.45) is 0.776. The van der Waals surface area contributed by atoms with Gasteiger partial charge in [0.15, 0.2) is 0 Å². The fourth-order valence-corrected chi connectivity index (χ4v) is 2.03. The molecule has 0 aromatic carbocycles. The minimum atomic E-state index is -0.516. The Morgan fingerprint density at radius 2 is 2.20 bits per heavy atom. The molecule has 1 aromatic rings. The average molecular weight is 280 g/mol. The van der Waals surface area contributed by atoms with Crippen molar-refractivity contribution in [1.29, 1.82) is 0 Å². The lowest BCUT2D eigenvalue weighted by Gasteiger charge is -2.21. The number of carbonyl (C=O) groups is 1. The Morgan fingerprint density at radius 1 is 1.45 bits per heavy atom. The maximum Gasteiger partial charge on any atom is 0.276 e. The number of nitrogens with zero attached hydrogens (tertiary/aromatic N) is 4. The van der Waals surface area contributed by atoms with Crippen molar-refractivity contribution in [2.24, 2.45) is 5.84 Å². The molecule has 3 N–H and O–H groups in total. The van der Waals surface area contributed by atoms with Crippen molar-refractivity contribution in [3.8, 4) is 0 Å². The molecule has 1 saturated heterocycles. The van der Waals surface area contributed by atoms with Crippen LogP contribution in [0.3, 0.4) is 0 Å². The molecule has 0 radical (unpaired) electrons. The molecule has 1 amide bonds. The summed E-state index contributed by atoms with van der Waals surface area (Å²) in [5.41, 5.74) is 2.18. The molecule has 1 aliphatic rings. The van der Waals surface area contributed by atoms with E-state index in [4.69, 9.17) is 5.84 Å². The van der Waals surface area contributed by atoms with Crippen LogP contribution in [0.15, 0.2) is 12.1 Å². The smallest absolute Gasteiger partial charge is 0.276 e. The van der Waals surface area contributed by atoms with E-state index < -0.39 is 4.92 Å². The van der Waals surface area contributed by atoms with Gasteiger partial charge in [-0.3, -0.25) is 14.9 Å². The van der Waals surface area contributed by atoms with Crippen molar-refractivity contribution in [2.75, 3.05) is 37.0 Å². The van der Waals surface area contributed by atoms with Crippen LogP contribution in [0.1, 0.15) is 6.42 Å². The van der Waals surface area contributed by atoms with Gasteiger partial charge in [0.25, 0.3) is 5.69 Å². The third kappa shape index (κ3) is 2.94. The van der Waals surface area contributed by atoms with Gasteiger partial charge in [-0.2, -0.15) is 0 Å². The Kier molecular flexibility index (Phi) is 3.99. The summed E-state index contributed by atoms with van der Waals surface area (Å²) in [4.78, 5) is 29.8. The first-order valence-corrected chi connectivity index (χ1v) is 6.13. The lowest BCUT2D eigenvalue weighted by molar-refractivity contribution is -0.384. The van der Waals surface area contributed by atoms with Crippen molar-refractivity contribution >= 4 is 23.2 Å².